The molecule has 0 saturated heterocycles. The molecular weight excluding hydrogens is 589 g/mol. The quantitative estimate of drug-likeness (QED) is 0.185. The van der Waals surface area contributed by atoms with Gasteiger partial charge in [-0.2, -0.15) is 0 Å². The van der Waals surface area contributed by atoms with E-state index in [9.17, 15) is 0 Å². The molecule has 0 fully saturated rings. The summed E-state index contributed by atoms with van der Waals surface area (Å²) >= 11 is 0. The summed E-state index contributed by atoms with van der Waals surface area (Å²) in [5.41, 5.74) is 9.89. The van der Waals surface area contributed by atoms with Crippen molar-refractivity contribution in [3.05, 3.63) is 145 Å². The molecule has 0 aliphatic carbocycles. The van der Waals surface area contributed by atoms with E-state index in [4.69, 9.17) is 24.4 Å². The normalized spacial score (nSPS) is 11.9. The van der Waals surface area contributed by atoms with Crippen molar-refractivity contribution < 1.29 is 4.42 Å². The number of aromatic nitrogens is 4. The van der Waals surface area contributed by atoms with Crippen LogP contribution in [0.15, 0.2) is 144 Å². The average Bonchev–Trinajstić information content (AvgIpc) is 3.53. The van der Waals surface area contributed by atoms with Crippen LogP contribution in [0.5, 0.6) is 0 Å². The minimum absolute atomic E-state index is 0.675. The summed E-state index contributed by atoms with van der Waals surface area (Å²) in [6.07, 6.45) is 5.70. The fraction of sp³-hybridized carbons (Fsp3) is 0.0233. The summed E-state index contributed by atoms with van der Waals surface area (Å²) in [6.45, 7) is 2.14. The molecule has 0 aliphatic heterocycles. The van der Waals surface area contributed by atoms with Crippen molar-refractivity contribution >= 4 is 65.3 Å². The number of hydrogen-bond acceptors (Lipinski definition) is 5. The number of aryl methyl sites for hydroxylation is 1. The third-order valence-electron chi connectivity index (χ3n) is 9.53. The van der Waals surface area contributed by atoms with Crippen LogP contribution in [0.1, 0.15) is 5.56 Å². The Kier molecular flexibility index (Phi) is 5.72. The first-order valence-electron chi connectivity index (χ1n) is 16.0. The zero-order chi connectivity index (χ0) is 31.8. The first-order chi connectivity index (χ1) is 23.7. The molecule has 10 rings (SSSR count). The number of nitrogens with zero attached hydrogens (tertiary/aromatic N) is 4. The summed E-state index contributed by atoms with van der Waals surface area (Å²) in [5.74, 6) is 0.675. The van der Waals surface area contributed by atoms with Crippen molar-refractivity contribution in [2.45, 2.75) is 6.92 Å². The van der Waals surface area contributed by atoms with Crippen LogP contribution >= 0.6 is 0 Å². The molecule has 0 unspecified atom stereocenters. The van der Waals surface area contributed by atoms with Gasteiger partial charge in [-0.25, -0.2) is 15.0 Å². The van der Waals surface area contributed by atoms with Crippen molar-refractivity contribution in [1.82, 2.24) is 19.9 Å². The summed E-state index contributed by atoms with van der Waals surface area (Å²) in [7, 11) is 0. The van der Waals surface area contributed by atoms with Crippen molar-refractivity contribution in [2.75, 3.05) is 0 Å². The second-order valence-corrected chi connectivity index (χ2v) is 12.3. The largest absolute Gasteiger partial charge is 0.455 e. The molecule has 0 N–H and O–H groups in total. The Morgan fingerprint density at radius 1 is 0.542 bits per heavy atom. The van der Waals surface area contributed by atoms with Gasteiger partial charge < -0.3 is 4.42 Å². The van der Waals surface area contributed by atoms with Crippen LogP contribution in [0, 0.1) is 6.92 Å². The predicted octanol–water partition coefficient (Wildman–Crippen LogP) is 11.1. The number of fused-ring (bicyclic) bond motifs is 10. The molecule has 0 saturated carbocycles. The van der Waals surface area contributed by atoms with Gasteiger partial charge in [-0.05, 0) is 53.8 Å². The molecule has 5 nitrogen and oxygen atoms in total. The maximum Gasteiger partial charge on any atom is 0.159 e. The third-order valence-corrected chi connectivity index (χ3v) is 9.53. The minimum Gasteiger partial charge on any atom is -0.455 e. The highest BCUT2D eigenvalue weighted by atomic mass is 16.3. The van der Waals surface area contributed by atoms with E-state index in [2.05, 4.69) is 104 Å². The van der Waals surface area contributed by atoms with E-state index in [1.165, 1.54) is 10.9 Å². The van der Waals surface area contributed by atoms with Crippen LogP contribution < -0.4 is 0 Å². The number of hydrogen-bond donors (Lipinski definition) is 0. The van der Waals surface area contributed by atoms with E-state index < -0.39 is 0 Å². The Labute approximate surface area is 275 Å². The monoisotopic (exact) mass is 614 g/mol. The molecule has 0 amide bonds. The van der Waals surface area contributed by atoms with Gasteiger partial charge in [0.1, 0.15) is 11.2 Å². The van der Waals surface area contributed by atoms with Crippen LogP contribution in [0.3, 0.4) is 0 Å². The highest BCUT2D eigenvalue weighted by Gasteiger charge is 2.18. The fourth-order valence-electron chi connectivity index (χ4n) is 7.25. The van der Waals surface area contributed by atoms with E-state index in [0.29, 0.717) is 5.82 Å². The first kappa shape index (κ1) is 26.7. The molecule has 6 aromatic carbocycles. The van der Waals surface area contributed by atoms with E-state index in [-0.39, 0.29) is 0 Å². The molecule has 10 aromatic rings. The highest BCUT2D eigenvalue weighted by molar-refractivity contribution is 6.24. The summed E-state index contributed by atoms with van der Waals surface area (Å²) in [6, 6.07) is 41.9. The standard InChI is InChI=1S/C43H26N4O/c1-25-8-6-12-31-35(22-28-9-7-21-44-41(28)38(25)31)29-23-45-43(46-24-29)27-17-15-26(16-18-27)40-34-20-19-32-30-10-3-5-14-37(30)48-42(32)39(34)33-11-2-4-13-36(33)47-40/h2-24H,1H3. The second kappa shape index (κ2) is 10.3. The molecule has 0 radical (unpaired) electrons. The molecule has 0 atom stereocenters. The lowest BCUT2D eigenvalue weighted by atomic mass is 9.94. The first-order valence-corrected chi connectivity index (χ1v) is 16.0. The summed E-state index contributed by atoms with van der Waals surface area (Å²) < 4.78 is 6.49. The Hall–Kier alpha value is -6.46. The highest BCUT2D eigenvalue weighted by Crippen LogP contribution is 2.41. The molecular formula is C43H26N4O. The lowest BCUT2D eigenvalue weighted by molar-refractivity contribution is 0.673. The van der Waals surface area contributed by atoms with Crippen LogP contribution in [0.25, 0.3) is 99.1 Å². The topological polar surface area (TPSA) is 64.7 Å². The third kappa shape index (κ3) is 3.98. The van der Waals surface area contributed by atoms with Crippen molar-refractivity contribution in [3.63, 3.8) is 0 Å². The second-order valence-electron chi connectivity index (χ2n) is 12.3. The number of benzene rings is 6. The number of rotatable bonds is 3. The zero-order valence-electron chi connectivity index (χ0n) is 26.0. The maximum atomic E-state index is 6.49. The molecule has 0 bridgehead atoms. The Bertz CT molecular complexity index is 2890. The number of para-hydroxylation sites is 2. The Balaban J connectivity index is 1.07. The van der Waals surface area contributed by atoms with Crippen molar-refractivity contribution in [1.29, 1.82) is 0 Å². The van der Waals surface area contributed by atoms with Gasteiger partial charge in [0.25, 0.3) is 0 Å². The molecule has 4 heterocycles. The van der Waals surface area contributed by atoms with E-state index in [0.717, 1.165) is 87.9 Å². The lowest BCUT2D eigenvalue weighted by Gasteiger charge is -2.12. The lowest BCUT2D eigenvalue weighted by Crippen LogP contribution is -1.93. The van der Waals surface area contributed by atoms with Gasteiger partial charge in [0, 0.05) is 73.0 Å². The molecule has 0 spiro atoms. The van der Waals surface area contributed by atoms with Crippen LogP contribution in [0.2, 0.25) is 0 Å². The van der Waals surface area contributed by atoms with Gasteiger partial charge in [-0.15, -0.1) is 0 Å². The van der Waals surface area contributed by atoms with Gasteiger partial charge >= 0.3 is 0 Å². The zero-order valence-corrected chi connectivity index (χ0v) is 26.0. The number of pyridine rings is 2. The van der Waals surface area contributed by atoms with Crippen LogP contribution in [-0.4, -0.2) is 19.9 Å². The Morgan fingerprint density at radius 3 is 2.17 bits per heavy atom. The van der Waals surface area contributed by atoms with Gasteiger partial charge in [0.2, 0.25) is 0 Å². The molecule has 4 aromatic heterocycles. The van der Waals surface area contributed by atoms with Gasteiger partial charge in [-0.3, -0.25) is 4.98 Å². The SMILES string of the molecule is Cc1cccc2c(-c3cnc(-c4ccc(-c5nc6ccccc6c6c5ccc5c7ccccc7oc56)cc4)nc3)cc3cccnc3c12. The minimum atomic E-state index is 0.675. The Morgan fingerprint density at radius 2 is 1.29 bits per heavy atom. The molecule has 5 heteroatoms. The fourth-order valence-corrected chi connectivity index (χ4v) is 7.25. The van der Waals surface area contributed by atoms with Crippen molar-refractivity contribution in [2.24, 2.45) is 0 Å². The van der Waals surface area contributed by atoms with Crippen molar-refractivity contribution in [3.8, 4) is 33.8 Å². The van der Waals surface area contributed by atoms with E-state index in [1.54, 1.807) is 0 Å². The average molecular weight is 615 g/mol. The van der Waals surface area contributed by atoms with Crippen LogP contribution in [0.4, 0.5) is 0 Å². The number of furan rings is 1. The van der Waals surface area contributed by atoms with Gasteiger partial charge in [0.05, 0.1) is 16.7 Å². The molecule has 48 heavy (non-hydrogen) atoms. The van der Waals surface area contributed by atoms with Gasteiger partial charge in [-0.1, -0.05) is 91.0 Å². The van der Waals surface area contributed by atoms with Gasteiger partial charge in [0.15, 0.2) is 5.82 Å². The van der Waals surface area contributed by atoms with E-state index >= 15 is 0 Å². The summed E-state index contributed by atoms with van der Waals surface area (Å²) in [5, 5.41) is 8.87. The molecule has 224 valence electrons. The predicted molar refractivity (Wildman–Crippen MR) is 196 cm³/mol. The van der Waals surface area contributed by atoms with Crippen LogP contribution in [-0.2, 0) is 0 Å². The van der Waals surface area contributed by atoms with E-state index in [1.807, 2.05) is 42.9 Å². The summed E-state index contributed by atoms with van der Waals surface area (Å²) in [4.78, 5) is 19.5. The molecule has 0 aliphatic rings. The maximum absolute atomic E-state index is 6.49. The smallest absolute Gasteiger partial charge is 0.159 e.